The number of hydrogen-bond donors (Lipinski definition) is 2. The van der Waals surface area contributed by atoms with E-state index in [2.05, 4.69) is 5.32 Å². The van der Waals surface area contributed by atoms with Crippen LogP contribution in [0.3, 0.4) is 0 Å². The fourth-order valence-corrected chi connectivity index (χ4v) is 1.93. The lowest BCUT2D eigenvalue weighted by Crippen LogP contribution is -2.45. The van der Waals surface area contributed by atoms with Crippen molar-refractivity contribution in [3.8, 4) is 5.75 Å². The van der Waals surface area contributed by atoms with Gasteiger partial charge in [-0.2, -0.15) is 0 Å². The molecule has 1 aromatic carbocycles. The molecule has 0 aliphatic rings. The van der Waals surface area contributed by atoms with Crippen LogP contribution in [0, 0.1) is 0 Å². The summed E-state index contributed by atoms with van der Waals surface area (Å²) >= 11 is 0. The Morgan fingerprint density at radius 3 is 2.30 bits per heavy atom. The summed E-state index contributed by atoms with van der Waals surface area (Å²) in [7, 11) is 0. The minimum absolute atomic E-state index is 0.252. The van der Waals surface area contributed by atoms with Crippen LogP contribution in [0.25, 0.3) is 0 Å². The van der Waals surface area contributed by atoms with E-state index in [1.165, 1.54) is 4.90 Å². The smallest absolute Gasteiger partial charge is 0.323 e. The van der Waals surface area contributed by atoms with Gasteiger partial charge in [0.15, 0.2) is 0 Å². The third-order valence-electron chi connectivity index (χ3n) is 3.08. The Bertz CT molecular complexity index is 554. The van der Waals surface area contributed by atoms with Crippen molar-refractivity contribution < 1.29 is 24.2 Å². The van der Waals surface area contributed by atoms with Crippen LogP contribution in [0.2, 0.25) is 0 Å². The van der Waals surface area contributed by atoms with Crippen LogP contribution in [0.1, 0.15) is 31.1 Å². The Labute approximate surface area is 135 Å². The number of aliphatic carboxylic acids is 1. The van der Waals surface area contributed by atoms with E-state index in [4.69, 9.17) is 9.84 Å². The van der Waals surface area contributed by atoms with E-state index in [9.17, 15) is 14.4 Å². The zero-order valence-corrected chi connectivity index (χ0v) is 13.5. The molecule has 0 spiro atoms. The molecule has 0 heterocycles. The van der Waals surface area contributed by atoms with Crippen molar-refractivity contribution in [3.05, 3.63) is 29.8 Å². The predicted molar refractivity (Wildman–Crippen MR) is 84.4 cm³/mol. The molecule has 0 aromatic heterocycles. The summed E-state index contributed by atoms with van der Waals surface area (Å²) in [6.07, 6.45) is 0. The summed E-state index contributed by atoms with van der Waals surface area (Å²) in [6.45, 7) is 5.19. The van der Waals surface area contributed by atoms with E-state index in [1.807, 2.05) is 6.92 Å². The highest BCUT2D eigenvalue weighted by molar-refractivity contribution is 5.96. The number of carbonyl (C=O) groups excluding carboxylic acids is 2. The summed E-state index contributed by atoms with van der Waals surface area (Å²) in [5.74, 6) is -1.28. The Hall–Kier alpha value is -2.57. The third kappa shape index (κ3) is 5.98. The highest BCUT2D eigenvalue weighted by atomic mass is 16.5. The SMILES string of the molecule is CCOc1ccc(C(=O)NCC(=O)N(CC(=O)O)C(C)C)cc1. The van der Waals surface area contributed by atoms with E-state index in [0.717, 1.165) is 0 Å². The molecule has 0 aliphatic heterocycles. The quantitative estimate of drug-likeness (QED) is 0.748. The van der Waals surface area contributed by atoms with Gasteiger partial charge in [0.2, 0.25) is 5.91 Å². The molecule has 2 N–H and O–H groups in total. The molecule has 0 fully saturated rings. The van der Waals surface area contributed by atoms with E-state index in [0.29, 0.717) is 17.9 Å². The van der Waals surface area contributed by atoms with Gasteiger partial charge in [-0.15, -0.1) is 0 Å². The highest BCUT2D eigenvalue weighted by Crippen LogP contribution is 2.11. The van der Waals surface area contributed by atoms with Crippen LogP contribution in [0.15, 0.2) is 24.3 Å². The Balaban J connectivity index is 2.60. The van der Waals surface area contributed by atoms with Crippen LogP contribution in [-0.2, 0) is 9.59 Å². The van der Waals surface area contributed by atoms with Crippen molar-refractivity contribution in [1.29, 1.82) is 0 Å². The molecule has 0 radical (unpaired) electrons. The van der Waals surface area contributed by atoms with Crippen molar-refractivity contribution in [2.75, 3.05) is 19.7 Å². The van der Waals surface area contributed by atoms with Gasteiger partial charge >= 0.3 is 5.97 Å². The van der Waals surface area contributed by atoms with E-state index < -0.39 is 24.3 Å². The van der Waals surface area contributed by atoms with E-state index >= 15 is 0 Å². The van der Waals surface area contributed by atoms with Crippen LogP contribution >= 0.6 is 0 Å². The molecular weight excluding hydrogens is 300 g/mol. The Morgan fingerprint density at radius 2 is 1.83 bits per heavy atom. The van der Waals surface area contributed by atoms with Gasteiger partial charge in [0.25, 0.3) is 5.91 Å². The van der Waals surface area contributed by atoms with Crippen molar-refractivity contribution in [2.45, 2.75) is 26.8 Å². The number of rotatable bonds is 8. The summed E-state index contributed by atoms with van der Waals surface area (Å²) in [5, 5.41) is 11.3. The maximum atomic E-state index is 12.0. The van der Waals surface area contributed by atoms with Gasteiger partial charge in [0, 0.05) is 11.6 Å². The molecule has 0 bridgehead atoms. The maximum absolute atomic E-state index is 12.0. The maximum Gasteiger partial charge on any atom is 0.323 e. The number of nitrogens with zero attached hydrogens (tertiary/aromatic N) is 1. The zero-order valence-electron chi connectivity index (χ0n) is 13.5. The number of nitrogens with one attached hydrogen (secondary N) is 1. The number of benzene rings is 1. The first-order valence-corrected chi connectivity index (χ1v) is 7.37. The lowest BCUT2D eigenvalue weighted by atomic mass is 10.2. The van der Waals surface area contributed by atoms with Gasteiger partial charge in [-0.1, -0.05) is 0 Å². The zero-order chi connectivity index (χ0) is 17.4. The fraction of sp³-hybridized carbons (Fsp3) is 0.438. The van der Waals surface area contributed by atoms with E-state index in [-0.39, 0.29) is 12.6 Å². The standard InChI is InChI=1S/C16H22N2O5/c1-4-23-13-7-5-12(6-8-13)16(22)17-9-14(19)18(11(2)3)10-15(20)21/h5-8,11H,4,9-10H2,1-3H3,(H,17,22)(H,20,21). The molecule has 23 heavy (non-hydrogen) atoms. The lowest BCUT2D eigenvalue weighted by Gasteiger charge is -2.24. The summed E-state index contributed by atoms with van der Waals surface area (Å²) < 4.78 is 5.29. The van der Waals surface area contributed by atoms with Crippen molar-refractivity contribution in [2.24, 2.45) is 0 Å². The van der Waals surface area contributed by atoms with Crippen molar-refractivity contribution >= 4 is 17.8 Å². The van der Waals surface area contributed by atoms with Crippen LogP contribution in [0.5, 0.6) is 5.75 Å². The van der Waals surface area contributed by atoms with Crippen LogP contribution in [0.4, 0.5) is 0 Å². The molecule has 1 aromatic rings. The number of amides is 2. The van der Waals surface area contributed by atoms with E-state index in [1.54, 1.807) is 38.1 Å². The van der Waals surface area contributed by atoms with Crippen LogP contribution < -0.4 is 10.1 Å². The first-order chi connectivity index (χ1) is 10.8. The molecular formula is C16H22N2O5. The molecule has 0 aliphatic carbocycles. The third-order valence-corrected chi connectivity index (χ3v) is 3.08. The van der Waals surface area contributed by atoms with Gasteiger partial charge in [-0.3, -0.25) is 14.4 Å². The molecule has 126 valence electrons. The average Bonchev–Trinajstić information content (AvgIpc) is 2.50. The molecule has 7 heteroatoms. The summed E-state index contributed by atoms with van der Waals surface area (Å²) in [6, 6.07) is 6.28. The van der Waals surface area contributed by atoms with Gasteiger partial charge in [0.05, 0.1) is 13.2 Å². The Morgan fingerprint density at radius 1 is 1.22 bits per heavy atom. The number of carboxylic acids is 1. The second-order valence-corrected chi connectivity index (χ2v) is 5.15. The monoisotopic (exact) mass is 322 g/mol. The first kappa shape index (κ1) is 18.5. The first-order valence-electron chi connectivity index (χ1n) is 7.37. The Kier molecular flexibility index (Phi) is 7.05. The topological polar surface area (TPSA) is 95.9 Å². The molecule has 0 unspecified atom stereocenters. The van der Waals surface area contributed by atoms with Gasteiger partial charge in [0.1, 0.15) is 12.3 Å². The molecule has 1 rings (SSSR count). The molecule has 0 atom stereocenters. The predicted octanol–water partition coefficient (Wildman–Crippen LogP) is 1.14. The average molecular weight is 322 g/mol. The molecule has 2 amide bonds. The largest absolute Gasteiger partial charge is 0.494 e. The lowest BCUT2D eigenvalue weighted by molar-refractivity contribution is -0.145. The van der Waals surface area contributed by atoms with Crippen molar-refractivity contribution in [3.63, 3.8) is 0 Å². The second kappa shape index (κ2) is 8.77. The minimum Gasteiger partial charge on any atom is -0.494 e. The summed E-state index contributed by atoms with van der Waals surface area (Å²) in [5.41, 5.74) is 0.399. The number of carboxylic acid groups (broad SMARTS) is 1. The van der Waals surface area contributed by atoms with Gasteiger partial charge < -0.3 is 20.1 Å². The van der Waals surface area contributed by atoms with Gasteiger partial charge in [-0.05, 0) is 45.0 Å². The van der Waals surface area contributed by atoms with Crippen LogP contribution in [-0.4, -0.2) is 53.5 Å². The summed E-state index contributed by atoms with van der Waals surface area (Å²) in [4.78, 5) is 36.0. The number of hydrogen-bond acceptors (Lipinski definition) is 4. The molecule has 7 nitrogen and oxygen atoms in total. The normalized spacial score (nSPS) is 10.3. The minimum atomic E-state index is -1.09. The number of carbonyl (C=O) groups is 3. The number of ether oxygens (including phenoxy) is 1. The molecule has 0 saturated carbocycles. The van der Waals surface area contributed by atoms with Crippen molar-refractivity contribution in [1.82, 2.24) is 10.2 Å². The second-order valence-electron chi connectivity index (χ2n) is 5.15. The fourth-order valence-electron chi connectivity index (χ4n) is 1.93. The molecule has 0 saturated heterocycles. The highest BCUT2D eigenvalue weighted by Gasteiger charge is 2.20. The van der Waals surface area contributed by atoms with Gasteiger partial charge in [-0.25, -0.2) is 0 Å².